The van der Waals surface area contributed by atoms with E-state index in [-0.39, 0.29) is 5.02 Å². The molecule has 11 heteroatoms. The van der Waals surface area contributed by atoms with Crippen molar-refractivity contribution in [1.29, 1.82) is 0 Å². The molecule has 1 saturated heterocycles. The van der Waals surface area contributed by atoms with Gasteiger partial charge in [-0.2, -0.15) is 4.98 Å². The minimum Gasteiger partial charge on any atom is -0.338 e. The molecule has 2 aliphatic carbocycles. The minimum absolute atomic E-state index is 0.267. The predicted molar refractivity (Wildman–Crippen MR) is 149 cm³/mol. The van der Waals surface area contributed by atoms with Gasteiger partial charge in [-0.15, -0.1) is 0 Å². The number of aryl methyl sites for hydroxylation is 2. The number of hydrogen-bond donors (Lipinski definition) is 2. The van der Waals surface area contributed by atoms with Crippen LogP contribution in [0.25, 0.3) is 0 Å². The van der Waals surface area contributed by atoms with Crippen molar-refractivity contribution in [2.45, 2.75) is 37.6 Å². The molecule has 0 amide bonds. The molecule has 2 heterocycles. The maximum Gasteiger partial charge on any atom is 0.257 e. The summed E-state index contributed by atoms with van der Waals surface area (Å²) in [5.74, 6) is -3.17. The van der Waals surface area contributed by atoms with Gasteiger partial charge in [-0.05, 0) is 80.5 Å². The second-order valence-electron chi connectivity index (χ2n) is 11.2. The molecule has 2 unspecified atom stereocenters. The Labute approximate surface area is 230 Å². The first-order valence-corrected chi connectivity index (χ1v) is 16.1. The van der Waals surface area contributed by atoms with Crippen molar-refractivity contribution < 1.29 is 17.7 Å². The first-order chi connectivity index (χ1) is 18.5. The molecule has 2 N–H and O–H groups in total. The van der Waals surface area contributed by atoms with Crippen LogP contribution in [0.1, 0.15) is 24.0 Å². The number of alkyl halides is 2. The molecule has 0 spiro atoms. The lowest BCUT2D eigenvalue weighted by Gasteiger charge is -2.28. The molecule has 1 aliphatic heterocycles. The number of likely N-dealkylation sites (tertiary alicyclic amines) is 1. The highest BCUT2D eigenvalue weighted by Gasteiger charge is 2.71. The first-order valence-electron chi connectivity index (χ1n) is 13.1. The Morgan fingerprint density at radius 3 is 2.46 bits per heavy atom. The lowest BCUT2D eigenvalue weighted by Crippen LogP contribution is -2.37. The van der Waals surface area contributed by atoms with Crippen LogP contribution in [0.4, 0.5) is 36.3 Å². The number of nitrogens with one attached hydrogen (secondary N) is 2. The standard InChI is InChI=1S/C28H30ClF3N5OP/c1-39(2,38)25-12-18(30)6-10-24(25)35-26-23(29)13-33-27(36-26)34-19-7-3-16-4-8-20(9-5-17(16)11-19)37-14-21-22(15-37)28(21,31)32/h3,6-7,10-13,20-22H,4-5,8-9,14-15H2,1-2H3,(H2,33,34,35,36)/t20-,21?,22?/m0/s1. The lowest BCUT2D eigenvalue weighted by molar-refractivity contribution is 0.0418. The van der Waals surface area contributed by atoms with Gasteiger partial charge in [0.2, 0.25) is 5.95 Å². The van der Waals surface area contributed by atoms with Gasteiger partial charge in [0.05, 0.1) is 11.9 Å². The SMILES string of the molecule is CP(C)(=O)c1cc(F)ccc1Nc1nc(Nc2ccc3c(c2)CC[C@@H](N2CC4C(C2)C4(F)F)CC3)ncc1Cl. The molecule has 1 aromatic heterocycles. The number of hydrogen-bond acceptors (Lipinski definition) is 6. The van der Waals surface area contributed by atoms with Gasteiger partial charge in [-0.1, -0.05) is 17.7 Å². The van der Waals surface area contributed by atoms with Crippen molar-refractivity contribution in [2.24, 2.45) is 11.8 Å². The van der Waals surface area contributed by atoms with E-state index in [0.29, 0.717) is 41.9 Å². The van der Waals surface area contributed by atoms with E-state index in [1.54, 1.807) is 13.3 Å². The van der Waals surface area contributed by atoms with Gasteiger partial charge >= 0.3 is 0 Å². The molecule has 206 valence electrons. The maximum atomic E-state index is 13.9. The Kier molecular flexibility index (Phi) is 6.68. The molecule has 0 radical (unpaired) electrons. The number of benzene rings is 2. The fourth-order valence-corrected chi connectivity index (χ4v) is 7.28. The van der Waals surface area contributed by atoms with E-state index in [2.05, 4.69) is 37.6 Å². The molecule has 1 saturated carbocycles. The number of piperidine rings is 1. The van der Waals surface area contributed by atoms with Gasteiger partial charge in [0.25, 0.3) is 5.92 Å². The second kappa shape index (κ2) is 9.79. The number of halogens is 4. The third-order valence-electron chi connectivity index (χ3n) is 8.24. The third-order valence-corrected chi connectivity index (χ3v) is 10.0. The molecule has 3 aromatic rings. The molecule has 3 atom stereocenters. The van der Waals surface area contributed by atoms with E-state index >= 15 is 0 Å². The second-order valence-corrected chi connectivity index (χ2v) is 14.8. The molecular weight excluding hydrogens is 546 g/mol. The normalized spacial score (nSPS) is 24.0. The summed E-state index contributed by atoms with van der Waals surface area (Å²) in [7, 11) is -2.78. The zero-order chi connectivity index (χ0) is 27.5. The van der Waals surface area contributed by atoms with Crippen LogP contribution >= 0.6 is 18.7 Å². The average Bonchev–Trinajstić information content (AvgIpc) is 3.18. The van der Waals surface area contributed by atoms with Gasteiger partial charge in [-0.25, -0.2) is 18.2 Å². The van der Waals surface area contributed by atoms with E-state index < -0.39 is 30.7 Å². The van der Waals surface area contributed by atoms with E-state index in [9.17, 15) is 17.7 Å². The van der Waals surface area contributed by atoms with Crippen LogP contribution < -0.4 is 15.9 Å². The monoisotopic (exact) mass is 575 g/mol. The molecule has 39 heavy (non-hydrogen) atoms. The highest BCUT2D eigenvalue weighted by atomic mass is 35.5. The Balaban J connectivity index is 1.15. The summed E-state index contributed by atoms with van der Waals surface area (Å²) in [5, 5.41) is 6.97. The summed E-state index contributed by atoms with van der Waals surface area (Å²) >= 11 is 6.35. The van der Waals surface area contributed by atoms with Crippen LogP contribution in [0.15, 0.2) is 42.6 Å². The van der Waals surface area contributed by atoms with Gasteiger partial charge in [0.15, 0.2) is 5.82 Å². The predicted octanol–water partition coefficient (Wildman–Crippen LogP) is 6.45. The van der Waals surface area contributed by atoms with Crippen LogP contribution in [0.2, 0.25) is 5.02 Å². The van der Waals surface area contributed by atoms with E-state index in [1.165, 1.54) is 35.5 Å². The molecular formula is C28H30ClF3N5OP. The van der Waals surface area contributed by atoms with Crippen molar-refractivity contribution in [3.63, 3.8) is 0 Å². The molecule has 3 aliphatic rings. The van der Waals surface area contributed by atoms with Crippen LogP contribution in [0.3, 0.4) is 0 Å². The first kappa shape index (κ1) is 26.6. The van der Waals surface area contributed by atoms with Crippen LogP contribution in [-0.4, -0.2) is 53.3 Å². The Bertz CT molecular complexity index is 1470. The van der Waals surface area contributed by atoms with E-state index in [0.717, 1.165) is 31.4 Å². The van der Waals surface area contributed by atoms with Crippen molar-refractivity contribution in [1.82, 2.24) is 14.9 Å². The molecule has 2 aromatic carbocycles. The van der Waals surface area contributed by atoms with Gasteiger partial charge < -0.3 is 15.2 Å². The summed E-state index contributed by atoms with van der Waals surface area (Å²) in [4.78, 5) is 11.1. The van der Waals surface area contributed by atoms with Crippen LogP contribution in [0, 0.1) is 17.7 Å². The summed E-state index contributed by atoms with van der Waals surface area (Å²) in [6, 6.07) is 10.6. The highest BCUT2D eigenvalue weighted by molar-refractivity contribution is 7.70. The fraction of sp³-hybridized carbons (Fsp3) is 0.429. The molecule has 6 rings (SSSR count). The summed E-state index contributed by atoms with van der Waals surface area (Å²) in [5.41, 5.74) is 3.82. The zero-order valence-electron chi connectivity index (χ0n) is 21.7. The third kappa shape index (κ3) is 5.29. The number of nitrogens with zero attached hydrogens (tertiary/aromatic N) is 3. The Hall–Kier alpha value is -2.61. The molecule has 6 nitrogen and oxygen atoms in total. The maximum absolute atomic E-state index is 13.9. The summed E-state index contributed by atoms with van der Waals surface area (Å²) in [6.45, 7) is 4.19. The van der Waals surface area contributed by atoms with Gasteiger partial charge in [0, 0.05) is 42.0 Å². The van der Waals surface area contributed by atoms with Gasteiger partial charge in [-0.3, -0.25) is 4.90 Å². The fourth-order valence-electron chi connectivity index (χ4n) is 6.00. The van der Waals surface area contributed by atoms with Crippen molar-refractivity contribution in [3.8, 4) is 0 Å². The quantitative estimate of drug-likeness (QED) is 0.260. The van der Waals surface area contributed by atoms with Gasteiger partial charge in [0.1, 0.15) is 18.0 Å². The minimum atomic E-state index is -2.78. The molecule has 2 fully saturated rings. The highest BCUT2D eigenvalue weighted by Crippen LogP contribution is 2.59. The van der Waals surface area contributed by atoms with E-state index in [4.69, 9.17) is 11.6 Å². The van der Waals surface area contributed by atoms with Crippen molar-refractivity contribution in [3.05, 3.63) is 64.6 Å². The topological polar surface area (TPSA) is 70.2 Å². The summed E-state index contributed by atoms with van der Waals surface area (Å²) < 4.78 is 53.9. The number of aromatic nitrogens is 2. The lowest BCUT2D eigenvalue weighted by atomic mass is 10.0. The Morgan fingerprint density at radius 1 is 1.03 bits per heavy atom. The summed E-state index contributed by atoms with van der Waals surface area (Å²) in [6.07, 6.45) is 5.21. The number of fused-ring (bicyclic) bond motifs is 2. The Morgan fingerprint density at radius 2 is 1.74 bits per heavy atom. The van der Waals surface area contributed by atoms with Crippen molar-refractivity contribution in [2.75, 3.05) is 37.1 Å². The van der Waals surface area contributed by atoms with Crippen molar-refractivity contribution >= 4 is 47.2 Å². The smallest absolute Gasteiger partial charge is 0.257 e. The largest absolute Gasteiger partial charge is 0.338 e. The average molecular weight is 576 g/mol. The number of anilines is 4. The van der Waals surface area contributed by atoms with Crippen LogP contribution in [0.5, 0.6) is 0 Å². The van der Waals surface area contributed by atoms with Crippen LogP contribution in [-0.2, 0) is 17.4 Å². The number of rotatable bonds is 6. The zero-order valence-corrected chi connectivity index (χ0v) is 23.4. The van der Waals surface area contributed by atoms with E-state index in [1.807, 2.05) is 6.07 Å². The molecule has 0 bridgehead atoms.